The van der Waals surface area contributed by atoms with E-state index in [2.05, 4.69) is 21.6 Å². The normalized spacial score (nSPS) is 12.1. The monoisotopic (exact) mass is 591 g/mol. The Kier molecular flexibility index (Phi) is 9.39. The van der Waals surface area contributed by atoms with Crippen LogP contribution in [0.5, 0.6) is 5.75 Å². The van der Waals surface area contributed by atoms with Crippen molar-refractivity contribution in [3.63, 3.8) is 0 Å². The maximum Gasteiger partial charge on any atom is 0.439 e. The van der Waals surface area contributed by atoms with Gasteiger partial charge in [-0.3, -0.25) is 18.9 Å². The van der Waals surface area contributed by atoms with Gasteiger partial charge in [-0.2, -0.15) is 0 Å². The molecular weight excluding hydrogens is 562 g/mol. The number of fused-ring (bicyclic) bond motifs is 1. The van der Waals surface area contributed by atoms with Crippen molar-refractivity contribution in [2.45, 2.75) is 46.1 Å². The molecule has 2 aromatic heterocycles. The number of rotatable bonds is 8. The molecule has 1 radical (unpaired) electrons. The zero-order valence-corrected chi connectivity index (χ0v) is 27.0. The first kappa shape index (κ1) is 30.3. The minimum Gasteiger partial charge on any atom is -0.493 e. The molecular formula is C32H29FKN4O4. The van der Waals surface area contributed by atoms with Crippen LogP contribution in [-0.4, -0.2) is 77.7 Å². The van der Waals surface area contributed by atoms with Gasteiger partial charge in [0.1, 0.15) is 17.4 Å². The average molecular weight is 592 g/mol. The van der Waals surface area contributed by atoms with Crippen molar-refractivity contribution >= 4 is 51.4 Å². The number of nitrogens with one attached hydrogen (secondary N) is 1. The molecule has 0 bridgehead atoms. The van der Waals surface area contributed by atoms with E-state index >= 15 is 4.39 Å². The van der Waals surface area contributed by atoms with Crippen LogP contribution in [0.15, 0.2) is 74.8 Å². The minimum absolute atomic E-state index is 0. The smallest absolute Gasteiger partial charge is 0.439 e. The Morgan fingerprint density at radius 1 is 1.02 bits per heavy atom. The predicted octanol–water partition coefficient (Wildman–Crippen LogP) is 5.31. The summed E-state index contributed by atoms with van der Waals surface area (Å²) in [7, 11) is 0. The number of aromatic amines is 1. The van der Waals surface area contributed by atoms with Crippen LogP contribution in [0.4, 0.5) is 4.39 Å². The summed E-state index contributed by atoms with van der Waals surface area (Å²) in [5.74, 6) is 0.638. The molecule has 1 aliphatic heterocycles. The fourth-order valence-electron chi connectivity index (χ4n) is 5.38. The Hall–Kier alpha value is -3.15. The van der Waals surface area contributed by atoms with Crippen LogP contribution in [0.25, 0.3) is 33.6 Å². The van der Waals surface area contributed by atoms with Crippen molar-refractivity contribution in [2.75, 3.05) is 6.61 Å². The summed E-state index contributed by atoms with van der Waals surface area (Å²) < 4.78 is 27.6. The summed E-state index contributed by atoms with van der Waals surface area (Å²) in [6.07, 6.45) is 3.23. The second kappa shape index (κ2) is 13.0. The van der Waals surface area contributed by atoms with Gasteiger partial charge in [0.05, 0.1) is 24.4 Å². The number of aromatic nitrogens is 4. The Balaban J connectivity index is 0.00000353. The van der Waals surface area contributed by atoms with Gasteiger partial charge in [0.25, 0.3) is 5.56 Å². The molecule has 5 aromatic rings. The van der Waals surface area contributed by atoms with Gasteiger partial charge in [-0.1, -0.05) is 61.0 Å². The summed E-state index contributed by atoms with van der Waals surface area (Å²) in [5, 5.41) is 3.78. The van der Waals surface area contributed by atoms with Crippen LogP contribution in [-0.2, 0) is 19.4 Å². The SMILES string of the molecule is CCCCc1nc(C)c(-c2ccc3c(c2)CCO3)c(=O)n1Cc1ccc(-c2ccccc2-c2noc(=O)[nH]2)cc1F.[K]. The molecule has 0 aliphatic carbocycles. The zero-order chi connectivity index (χ0) is 28.5. The first-order valence-corrected chi connectivity index (χ1v) is 13.7. The molecule has 8 nitrogen and oxygen atoms in total. The van der Waals surface area contributed by atoms with Gasteiger partial charge in [-0.25, -0.2) is 14.2 Å². The first-order chi connectivity index (χ1) is 19.9. The van der Waals surface area contributed by atoms with Gasteiger partial charge in [-0.05, 0) is 53.8 Å². The summed E-state index contributed by atoms with van der Waals surface area (Å²) in [6, 6.07) is 17.9. The number of ether oxygens (including phenoxy) is 1. The Bertz CT molecular complexity index is 1880. The summed E-state index contributed by atoms with van der Waals surface area (Å²) in [6.45, 7) is 4.62. The number of nitrogens with zero attached hydrogens (tertiary/aromatic N) is 3. The van der Waals surface area contributed by atoms with E-state index in [4.69, 9.17) is 9.72 Å². The van der Waals surface area contributed by atoms with Gasteiger partial charge >= 0.3 is 5.76 Å². The standard InChI is InChI=1S/C32H29FN4O4.K/c1-3-4-9-28-34-19(2)29(22-12-13-27-21(16-22)14-15-40-27)31(38)37(28)18-23-11-10-20(17-26(23)33)24-7-5-6-8-25(24)30-35-32(39)41-36-30;/h5-8,10-13,16-17H,3-4,9,14-15,18H2,1-2H3,(H,35,36,39);. The molecule has 0 saturated carbocycles. The second-order valence-electron chi connectivity index (χ2n) is 10.2. The molecule has 3 aromatic carbocycles. The number of halogens is 1. The number of benzene rings is 3. The Morgan fingerprint density at radius 2 is 1.81 bits per heavy atom. The minimum atomic E-state index is -0.667. The fourth-order valence-corrected chi connectivity index (χ4v) is 5.38. The van der Waals surface area contributed by atoms with E-state index in [1.807, 2.05) is 37.3 Å². The maximum atomic E-state index is 15.7. The predicted molar refractivity (Wildman–Crippen MR) is 159 cm³/mol. The quantitative estimate of drug-likeness (QED) is 0.245. The van der Waals surface area contributed by atoms with E-state index in [0.29, 0.717) is 52.4 Å². The van der Waals surface area contributed by atoms with Crippen LogP contribution in [0.1, 0.15) is 42.4 Å². The van der Waals surface area contributed by atoms with Crippen LogP contribution in [0.2, 0.25) is 0 Å². The van der Waals surface area contributed by atoms with Crippen LogP contribution in [0, 0.1) is 12.7 Å². The van der Waals surface area contributed by atoms with Crippen LogP contribution >= 0.6 is 0 Å². The van der Waals surface area contributed by atoms with E-state index in [1.165, 1.54) is 6.07 Å². The van der Waals surface area contributed by atoms with Gasteiger partial charge in [0, 0.05) is 75.4 Å². The molecule has 42 heavy (non-hydrogen) atoms. The van der Waals surface area contributed by atoms with Gasteiger partial charge < -0.3 is 4.74 Å². The molecule has 0 spiro atoms. The second-order valence-corrected chi connectivity index (χ2v) is 10.2. The number of H-pyrrole nitrogens is 1. The van der Waals surface area contributed by atoms with Crippen molar-refractivity contribution in [3.05, 3.63) is 110 Å². The summed E-state index contributed by atoms with van der Waals surface area (Å²) in [5.41, 5.74) is 5.12. The molecule has 6 rings (SSSR count). The van der Waals surface area contributed by atoms with E-state index < -0.39 is 11.6 Å². The largest absolute Gasteiger partial charge is 0.493 e. The van der Waals surface area contributed by atoms with Crippen LogP contribution < -0.4 is 16.1 Å². The van der Waals surface area contributed by atoms with Gasteiger partial charge in [-0.15, -0.1) is 0 Å². The topological polar surface area (TPSA) is 103 Å². The van der Waals surface area contributed by atoms with Crippen LogP contribution in [0.3, 0.4) is 0 Å². The molecule has 0 amide bonds. The maximum absolute atomic E-state index is 15.7. The molecule has 3 heterocycles. The number of unbranched alkanes of at least 4 members (excludes halogenated alkanes) is 1. The Labute approximate surface area is 284 Å². The zero-order valence-electron chi connectivity index (χ0n) is 23.9. The Morgan fingerprint density at radius 3 is 2.55 bits per heavy atom. The molecule has 1 aliphatic rings. The third-order valence-corrected chi connectivity index (χ3v) is 7.48. The molecule has 0 atom stereocenters. The number of hydrogen-bond donors (Lipinski definition) is 1. The third-order valence-electron chi connectivity index (χ3n) is 7.48. The molecule has 0 saturated heterocycles. The summed E-state index contributed by atoms with van der Waals surface area (Å²) >= 11 is 0. The average Bonchev–Trinajstić information content (AvgIpc) is 3.63. The van der Waals surface area contributed by atoms with Crippen molar-refractivity contribution in [1.29, 1.82) is 0 Å². The molecule has 10 heteroatoms. The van der Waals surface area contributed by atoms with E-state index in [1.54, 1.807) is 28.8 Å². The van der Waals surface area contributed by atoms with Crippen molar-refractivity contribution in [1.82, 2.24) is 19.7 Å². The first-order valence-electron chi connectivity index (χ1n) is 13.7. The molecule has 209 valence electrons. The van der Waals surface area contributed by atoms with E-state index in [9.17, 15) is 9.59 Å². The third kappa shape index (κ3) is 6.00. The van der Waals surface area contributed by atoms with Gasteiger partial charge in [0.15, 0.2) is 5.82 Å². The van der Waals surface area contributed by atoms with Gasteiger partial charge in [0.2, 0.25) is 0 Å². The van der Waals surface area contributed by atoms with Crippen molar-refractivity contribution in [3.8, 4) is 39.4 Å². The fraction of sp³-hybridized carbons (Fsp3) is 0.250. The van der Waals surface area contributed by atoms with E-state index in [-0.39, 0.29) is 69.3 Å². The summed E-state index contributed by atoms with van der Waals surface area (Å²) in [4.78, 5) is 32.9. The molecule has 1 N–H and O–H groups in total. The number of hydrogen-bond acceptors (Lipinski definition) is 6. The van der Waals surface area contributed by atoms with E-state index in [0.717, 1.165) is 36.1 Å². The molecule has 0 fully saturated rings. The van der Waals surface area contributed by atoms with Crippen molar-refractivity contribution in [2.24, 2.45) is 0 Å². The molecule has 0 unspecified atom stereocenters. The number of aryl methyl sites for hydroxylation is 2. The van der Waals surface area contributed by atoms with Crippen molar-refractivity contribution < 1.29 is 13.7 Å².